The third-order valence-corrected chi connectivity index (χ3v) is 4.68. The molecule has 1 N–H and O–H groups in total. The van der Waals surface area contributed by atoms with Crippen LogP contribution in [0.2, 0.25) is 5.02 Å². The summed E-state index contributed by atoms with van der Waals surface area (Å²) in [4.78, 5) is 13.0. The number of nitrogens with zero attached hydrogens (tertiary/aromatic N) is 4. The summed E-state index contributed by atoms with van der Waals surface area (Å²) < 4.78 is 6.72. The third kappa shape index (κ3) is 3.12. The molecule has 7 nitrogen and oxygen atoms in total. The highest BCUT2D eigenvalue weighted by atomic mass is 35.5. The van der Waals surface area contributed by atoms with Gasteiger partial charge < -0.3 is 4.74 Å². The first-order valence-electron chi connectivity index (χ1n) is 7.57. The Labute approximate surface area is 157 Å². The largest absolute Gasteiger partial charge is 0.497 e. The molecule has 0 atom stereocenters. The topological polar surface area (TPSA) is 81.4 Å². The Balaban J connectivity index is 1.63. The second kappa shape index (κ2) is 6.74. The van der Waals surface area contributed by atoms with E-state index in [1.807, 2.05) is 12.1 Å². The fourth-order valence-electron chi connectivity index (χ4n) is 2.41. The van der Waals surface area contributed by atoms with Gasteiger partial charge in [0.05, 0.1) is 7.11 Å². The molecule has 0 radical (unpaired) electrons. The maximum Gasteiger partial charge on any atom is 0.257 e. The quantitative estimate of drug-likeness (QED) is 0.578. The van der Waals surface area contributed by atoms with Crippen LogP contribution >= 0.6 is 22.9 Å². The molecule has 130 valence electrons. The summed E-state index contributed by atoms with van der Waals surface area (Å²) >= 11 is 7.27. The molecule has 0 spiro atoms. The predicted molar refractivity (Wildman–Crippen MR) is 100 cm³/mol. The Morgan fingerprint density at radius 3 is 2.85 bits per heavy atom. The van der Waals surface area contributed by atoms with E-state index in [4.69, 9.17) is 16.3 Å². The van der Waals surface area contributed by atoms with Crippen LogP contribution in [0.15, 0.2) is 48.5 Å². The number of fused-ring (bicyclic) bond motifs is 1. The SMILES string of the molecule is COc1cccc(C(=O)Nc2nn3c(-c4cccc(Cl)c4)nnc3s2)c1. The monoisotopic (exact) mass is 385 g/mol. The molecule has 2 heterocycles. The van der Waals surface area contributed by atoms with E-state index in [1.54, 1.807) is 48.0 Å². The smallest absolute Gasteiger partial charge is 0.257 e. The van der Waals surface area contributed by atoms with Gasteiger partial charge in [0, 0.05) is 16.1 Å². The zero-order valence-corrected chi connectivity index (χ0v) is 15.1. The molecule has 0 fully saturated rings. The first kappa shape index (κ1) is 16.5. The molecule has 1 amide bonds. The molecule has 2 aromatic carbocycles. The first-order valence-corrected chi connectivity index (χ1v) is 8.77. The Hall–Kier alpha value is -2.97. The van der Waals surface area contributed by atoms with Crippen molar-refractivity contribution in [1.29, 1.82) is 0 Å². The molecular formula is C17H12ClN5O2S. The number of methoxy groups -OCH3 is 1. The van der Waals surface area contributed by atoms with E-state index in [0.717, 1.165) is 5.56 Å². The first-order chi connectivity index (χ1) is 12.6. The Bertz CT molecular complexity index is 1110. The molecule has 0 unspecified atom stereocenters. The highest BCUT2D eigenvalue weighted by molar-refractivity contribution is 7.20. The molecule has 4 aromatic rings. The Morgan fingerprint density at radius 2 is 2.04 bits per heavy atom. The number of nitrogens with one attached hydrogen (secondary N) is 1. The lowest BCUT2D eigenvalue weighted by molar-refractivity contribution is 0.102. The van der Waals surface area contributed by atoms with Crippen molar-refractivity contribution >= 4 is 38.9 Å². The van der Waals surface area contributed by atoms with Crippen LogP contribution in [-0.4, -0.2) is 32.8 Å². The Kier molecular flexibility index (Phi) is 4.27. The van der Waals surface area contributed by atoms with Gasteiger partial charge >= 0.3 is 0 Å². The summed E-state index contributed by atoms with van der Waals surface area (Å²) in [6.07, 6.45) is 0. The van der Waals surface area contributed by atoms with Gasteiger partial charge in [-0.05, 0) is 30.3 Å². The molecule has 0 aliphatic carbocycles. The molecule has 2 aromatic heterocycles. The number of anilines is 1. The minimum absolute atomic E-state index is 0.279. The van der Waals surface area contributed by atoms with Gasteiger partial charge in [-0.25, -0.2) is 0 Å². The molecular weight excluding hydrogens is 374 g/mol. The van der Waals surface area contributed by atoms with Crippen molar-refractivity contribution in [1.82, 2.24) is 19.8 Å². The van der Waals surface area contributed by atoms with Crippen LogP contribution in [0.4, 0.5) is 5.13 Å². The van der Waals surface area contributed by atoms with E-state index in [0.29, 0.717) is 32.3 Å². The van der Waals surface area contributed by atoms with Gasteiger partial charge in [-0.15, -0.1) is 15.3 Å². The lowest BCUT2D eigenvalue weighted by Gasteiger charge is -2.03. The van der Waals surface area contributed by atoms with Gasteiger partial charge in [0.1, 0.15) is 5.75 Å². The number of aromatic nitrogens is 4. The van der Waals surface area contributed by atoms with Gasteiger partial charge in [-0.2, -0.15) is 4.52 Å². The second-order valence-corrected chi connectivity index (χ2v) is 6.71. The van der Waals surface area contributed by atoms with Gasteiger partial charge in [0.2, 0.25) is 10.1 Å². The van der Waals surface area contributed by atoms with Crippen molar-refractivity contribution < 1.29 is 9.53 Å². The van der Waals surface area contributed by atoms with Crippen molar-refractivity contribution in [2.75, 3.05) is 12.4 Å². The van der Waals surface area contributed by atoms with Crippen molar-refractivity contribution in [3.63, 3.8) is 0 Å². The lowest BCUT2D eigenvalue weighted by atomic mass is 10.2. The minimum Gasteiger partial charge on any atom is -0.497 e. The average Bonchev–Trinajstić information content (AvgIpc) is 3.21. The number of rotatable bonds is 4. The highest BCUT2D eigenvalue weighted by Gasteiger charge is 2.16. The number of carbonyl (C=O) groups excluding carboxylic acids is 1. The molecule has 26 heavy (non-hydrogen) atoms. The minimum atomic E-state index is -0.279. The zero-order chi connectivity index (χ0) is 18.1. The van der Waals surface area contributed by atoms with Crippen molar-refractivity contribution in [3.05, 3.63) is 59.1 Å². The van der Waals surface area contributed by atoms with Crippen molar-refractivity contribution in [2.24, 2.45) is 0 Å². The molecule has 4 rings (SSSR count). The molecule has 9 heteroatoms. The summed E-state index contributed by atoms with van der Waals surface area (Å²) in [6.45, 7) is 0. The van der Waals surface area contributed by atoms with E-state index < -0.39 is 0 Å². The number of benzene rings is 2. The van der Waals surface area contributed by atoms with Crippen LogP contribution in [0.1, 0.15) is 10.4 Å². The Morgan fingerprint density at radius 1 is 1.19 bits per heavy atom. The number of hydrogen-bond donors (Lipinski definition) is 1. The summed E-state index contributed by atoms with van der Waals surface area (Å²) in [7, 11) is 1.55. The maximum absolute atomic E-state index is 12.4. The van der Waals surface area contributed by atoms with Gasteiger partial charge in [0.15, 0.2) is 5.82 Å². The summed E-state index contributed by atoms with van der Waals surface area (Å²) in [5.41, 5.74) is 1.27. The van der Waals surface area contributed by atoms with E-state index in [9.17, 15) is 4.79 Å². The fourth-order valence-corrected chi connectivity index (χ4v) is 3.33. The highest BCUT2D eigenvalue weighted by Crippen LogP contribution is 2.26. The molecule has 0 saturated heterocycles. The van der Waals surface area contributed by atoms with Crippen LogP contribution in [0.25, 0.3) is 16.3 Å². The van der Waals surface area contributed by atoms with Crippen LogP contribution in [0.5, 0.6) is 5.75 Å². The normalized spacial score (nSPS) is 10.8. The maximum atomic E-state index is 12.4. The van der Waals surface area contributed by atoms with Crippen LogP contribution in [0, 0.1) is 0 Å². The fraction of sp³-hybridized carbons (Fsp3) is 0.0588. The third-order valence-electron chi connectivity index (χ3n) is 3.63. The standard InChI is InChI=1S/C17H12ClN5O2S/c1-25-13-7-3-5-11(9-13)15(24)19-16-22-23-14(20-21-17(23)26-16)10-4-2-6-12(18)8-10/h2-9H,1H3,(H,19,22,24). The lowest BCUT2D eigenvalue weighted by Crippen LogP contribution is -2.12. The van der Waals surface area contributed by atoms with E-state index >= 15 is 0 Å². The predicted octanol–water partition coefficient (Wildman–Crippen LogP) is 3.77. The molecule has 0 aliphatic rings. The van der Waals surface area contributed by atoms with Crippen LogP contribution in [-0.2, 0) is 0 Å². The van der Waals surface area contributed by atoms with Gasteiger partial charge in [-0.3, -0.25) is 10.1 Å². The van der Waals surface area contributed by atoms with Gasteiger partial charge in [-0.1, -0.05) is 41.1 Å². The van der Waals surface area contributed by atoms with Gasteiger partial charge in [0.25, 0.3) is 5.91 Å². The van der Waals surface area contributed by atoms with Crippen molar-refractivity contribution in [3.8, 4) is 17.1 Å². The number of carbonyl (C=O) groups is 1. The summed E-state index contributed by atoms with van der Waals surface area (Å²) in [6, 6.07) is 14.2. The van der Waals surface area contributed by atoms with E-state index in [2.05, 4.69) is 20.6 Å². The van der Waals surface area contributed by atoms with Crippen molar-refractivity contribution in [2.45, 2.75) is 0 Å². The number of halogens is 1. The average molecular weight is 386 g/mol. The zero-order valence-electron chi connectivity index (χ0n) is 13.5. The van der Waals surface area contributed by atoms with Crippen LogP contribution < -0.4 is 10.1 Å². The van der Waals surface area contributed by atoms with Crippen LogP contribution in [0.3, 0.4) is 0 Å². The summed E-state index contributed by atoms with van der Waals surface area (Å²) in [5, 5.41) is 16.4. The molecule has 0 bridgehead atoms. The summed E-state index contributed by atoms with van der Waals surface area (Å²) in [5.74, 6) is 0.887. The number of ether oxygens (including phenoxy) is 1. The van der Waals surface area contributed by atoms with E-state index in [1.165, 1.54) is 11.3 Å². The number of amides is 1. The molecule has 0 aliphatic heterocycles. The molecule has 0 saturated carbocycles. The second-order valence-electron chi connectivity index (χ2n) is 5.32. The van der Waals surface area contributed by atoms with E-state index in [-0.39, 0.29) is 5.91 Å². The number of hydrogen-bond acceptors (Lipinski definition) is 6.